The van der Waals surface area contributed by atoms with E-state index in [4.69, 9.17) is 9.47 Å². The molecule has 1 rings (SSSR count). The lowest BCUT2D eigenvalue weighted by Gasteiger charge is -2.23. The topological polar surface area (TPSA) is 46.1 Å². The average molecular weight is 307 g/mol. The Morgan fingerprint density at radius 2 is 2.05 bits per heavy atom. The number of rotatable bonds is 8. The van der Waals surface area contributed by atoms with Crippen LogP contribution in [0.3, 0.4) is 0 Å². The molecule has 0 spiro atoms. The highest BCUT2D eigenvalue weighted by molar-refractivity contribution is 5.79. The first-order valence-corrected chi connectivity index (χ1v) is 7.69. The monoisotopic (exact) mass is 307 g/mol. The highest BCUT2D eigenvalue weighted by atomic mass is 16.5. The Morgan fingerprint density at radius 1 is 1.32 bits per heavy atom. The molecule has 124 valence electrons. The number of nitrogens with one attached hydrogen (secondary N) is 1. The number of methoxy groups -OCH3 is 1. The molecule has 22 heavy (non-hydrogen) atoms. The van der Waals surface area contributed by atoms with Gasteiger partial charge in [-0.3, -0.25) is 4.99 Å². The fourth-order valence-corrected chi connectivity index (χ4v) is 2.10. The molecule has 0 saturated heterocycles. The number of hydrogen-bond donors (Lipinski definition) is 1. The maximum absolute atomic E-state index is 5.57. The Bertz CT molecular complexity index is 461. The van der Waals surface area contributed by atoms with E-state index >= 15 is 0 Å². The molecule has 1 aromatic carbocycles. The molecule has 0 aliphatic rings. The molecule has 0 amide bonds. The number of aliphatic imine (C=N–C) groups is 1. The Morgan fingerprint density at radius 3 is 2.68 bits per heavy atom. The second-order valence-corrected chi connectivity index (χ2v) is 5.61. The minimum Gasteiger partial charge on any atom is -0.496 e. The Hall–Kier alpha value is -1.75. The lowest BCUT2D eigenvalue weighted by Crippen LogP contribution is -2.40. The molecule has 0 atom stereocenters. The molecule has 5 nitrogen and oxygen atoms in total. The molecule has 0 aliphatic heterocycles. The van der Waals surface area contributed by atoms with Crippen molar-refractivity contribution in [3.63, 3.8) is 0 Å². The van der Waals surface area contributed by atoms with Crippen molar-refractivity contribution in [3.8, 4) is 5.75 Å². The summed E-state index contributed by atoms with van der Waals surface area (Å²) >= 11 is 0. The van der Waals surface area contributed by atoms with Crippen molar-refractivity contribution < 1.29 is 9.47 Å². The zero-order valence-corrected chi connectivity index (χ0v) is 14.4. The van der Waals surface area contributed by atoms with Crippen molar-refractivity contribution in [2.45, 2.75) is 20.4 Å². The van der Waals surface area contributed by atoms with Crippen LogP contribution in [0.4, 0.5) is 0 Å². The van der Waals surface area contributed by atoms with Gasteiger partial charge >= 0.3 is 0 Å². The highest BCUT2D eigenvalue weighted by Crippen LogP contribution is 2.18. The normalized spacial score (nSPS) is 11.6. The SMILES string of the molecule is CN=C(NCCOCC(C)C)N(C)Cc1ccccc1OC. The fraction of sp³-hybridized carbons (Fsp3) is 0.588. The molecule has 0 unspecified atom stereocenters. The highest BCUT2D eigenvalue weighted by Gasteiger charge is 2.09. The summed E-state index contributed by atoms with van der Waals surface area (Å²) in [5, 5.41) is 3.31. The van der Waals surface area contributed by atoms with E-state index in [9.17, 15) is 0 Å². The minimum atomic E-state index is 0.563. The van der Waals surface area contributed by atoms with Crippen LogP contribution in [0.5, 0.6) is 5.75 Å². The summed E-state index contributed by atoms with van der Waals surface area (Å²) in [6, 6.07) is 8.02. The number of nitrogens with zero attached hydrogens (tertiary/aromatic N) is 2. The lowest BCUT2D eigenvalue weighted by atomic mass is 10.2. The van der Waals surface area contributed by atoms with Gasteiger partial charge in [-0.15, -0.1) is 0 Å². The summed E-state index contributed by atoms with van der Waals surface area (Å²) in [6.45, 7) is 7.24. The van der Waals surface area contributed by atoms with Crippen LogP contribution >= 0.6 is 0 Å². The quantitative estimate of drug-likeness (QED) is 0.455. The van der Waals surface area contributed by atoms with E-state index in [1.807, 2.05) is 25.2 Å². The van der Waals surface area contributed by atoms with Gasteiger partial charge in [-0.25, -0.2) is 0 Å². The molecule has 0 saturated carbocycles. The molecule has 0 fully saturated rings. The van der Waals surface area contributed by atoms with E-state index in [1.54, 1.807) is 14.2 Å². The second kappa shape index (κ2) is 10.1. The number of para-hydroxylation sites is 1. The summed E-state index contributed by atoms with van der Waals surface area (Å²) < 4.78 is 11.0. The van der Waals surface area contributed by atoms with E-state index in [1.165, 1.54) is 0 Å². The van der Waals surface area contributed by atoms with Crippen LogP contribution in [-0.2, 0) is 11.3 Å². The number of benzene rings is 1. The van der Waals surface area contributed by atoms with Crippen LogP contribution in [0.15, 0.2) is 29.3 Å². The molecule has 5 heteroatoms. The number of guanidine groups is 1. The first kappa shape index (κ1) is 18.3. The maximum atomic E-state index is 5.57. The number of ether oxygens (including phenoxy) is 2. The van der Waals surface area contributed by atoms with E-state index in [0.29, 0.717) is 12.5 Å². The van der Waals surface area contributed by atoms with Crippen molar-refractivity contribution in [2.75, 3.05) is 41.0 Å². The predicted octanol–water partition coefficient (Wildman–Crippen LogP) is 2.38. The second-order valence-electron chi connectivity index (χ2n) is 5.61. The third kappa shape index (κ3) is 6.35. The van der Waals surface area contributed by atoms with E-state index in [-0.39, 0.29) is 0 Å². The largest absolute Gasteiger partial charge is 0.496 e. The predicted molar refractivity (Wildman–Crippen MR) is 91.5 cm³/mol. The molecule has 0 aliphatic carbocycles. The van der Waals surface area contributed by atoms with Crippen LogP contribution in [0.25, 0.3) is 0 Å². The number of hydrogen-bond acceptors (Lipinski definition) is 3. The molecular formula is C17H29N3O2. The molecule has 0 heterocycles. The van der Waals surface area contributed by atoms with Crippen LogP contribution in [-0.4, -0.2) is 51.8 Å². The molecular weight excluding hydrogens is 278 g/mol. The van der Waals surface area contributed by atoms with Gasteiger partial charge in [-0.05, 0) is 12.0 Å². The molecule has 0 bridgehead atoms. The summed E-state index contributed by atoms with van der Waals surface area (Å²) in [4.78, 5) is 6.38. The van der Waals surface area contributed by atoms with Crippen LogP contribution in [0, 0.1) is 5.92 Å². The van der Waals surface area contributed by atoms with Crippen molar-refractivity contribution in [3.05, 3.63) is 29.8 Å². The van der Waals surface area contributed by atoms with Gasteiger partial charge in [0.2, 0.25) is 0 Å². The van der Waals surface area contributed by atoms with Gasteiger partial charge in [0, 0.05) is 39.4 Å². The van der Waals surface area contributed by atoms with Gasteiger partial charge in [0.15, 0.2) is 5.96 Å². The van der Waals surface area contributed by atoms with Crippen molar-refractivity contribution in [1.82, 2.24) is 10.2 Å². The molecule has 1 N–H and O–H groups in total. The Kier molecular flexibility index (Phi) is 8.36. The van der Waals surface area contributed by atoms with E-state index in [0.717, 1.165) is 37.0 Å². The van der Waals surface area contributed by atoms with Gasteiger partial charge in [0.1, 0.15) is 5.75 Å². The van der Waals surface area contributed by atoms with Gasteiger partial charge in [-0.1, -0.05) is 32.0 Å². The lowest BCUT2D eigenvalue weighted by molar-refractivity contribution is 0.114. The minimum absolute atomic E-state index is 0.563. The van der Waals surface area contributed by atoms with Crippen molar-refractivity contribution >= 4 is 5.96 Å². The first-order chi connectivity index (χ1) is 10.6. The Labute approximate surface area is 134 Å². The maximum Gasteiger partial charge on any atom is 0.193 e. The van der Waals surface area contributed by atoms with Crippen LogP contribution < -0.4 is 10.1 Å². The van der Waals surface area contributed by atoms with Crippen LogP contribution in [0.1, 0.15) is 19.4 Å². The van der Waals surface area contributed by atoms with E-state index in [2.05, 4.69) is 35.1 Å². The molecule has 1 aromatic rings. The molecule has 0 aromatic heterocycles. The summed E-state index contributed by atoms with van der Waals surface area (Å²) in [6.07, 6.45) is 0. The Balaban J connectivity index is 2.46. The standard InChI is InChI=1S/C17H29N3O2/c1-14(2)13-22-11-10-19-17(18-3)20(4)12-15-8-6-7-9-16(15)21-5/h6-9,14H,10-13H2,1-5H3,(H,18,19). The van der Waals surface area contributed by atoms with Gasteiger partial charge in [0.25, 0.3) is 0 Å². The summed E-state index contributed by atoms with van der Waals surface area (Å²) in [7, 11) is 5.49. The zero-order valence-electron chi connectivity index (χ0n) is 14.4. The van der Waals surface area contributed by atoms with Crippen molar-refractivity contribution in [2.24, 2.45) is 10.9 Å². The summed E-state index contributed by atoms with van der Waals surface area (Å²) in [5.41, 5.74) is 1.13. The average Bonchev–Trinajstić information content (AvgIpc) is 2.51. The first-order valence-electron chi connectivity index (χ1n) is 7.69. The third-order valence-corrected chi connectivity index (χ3v) is 3.15. The van der Waals surface area contributed by atoms with Crippen molar-refractivity contribution in [1.29, 1.82) is 0 Å². The van der Waals surface area contributed by atoms with Gasteiger partial charge < -0.3 is 19.7 Å². The van der Waals surface area contributed by atoms with E-state index < -0.39 is 0 Å². The third-order valence-electron chi connectivity index (χ3n) is 3.15. The zero-order chi connectivity index (χ0) is 16.4. The summed E-state index contributed by atoms with van der Waals surface area (Å²) in [5.74, 6) is 2.30. The van der Waals surface area contributed by atoms with Gasteiger partial charge in [0.05, 0.1) is 13.7 Å². The van der Waals surface area contributed by atoms with Gasteiger partial charge in [-0.2, -0.15) is 0 Å². The molecule has 0 radical (unpaired) electrons. The van der Waals surface area contributed by atoms with Crippen LogP contribution in [0.2, 0.25) is 0 Å². The smallest absolute Gasteiger partial charge is 0.193 e. The fourth-order valence-electron chi connectivity index (χ4n) is 2.10.